The third-order valence-electron chi connectivity index (χ3n) is 3.15. The van der Waals surface area contributed by atoms with Crippen molar-refractivity contribution in [2.24, 2.45) is 5.92 Å². The van der Waals surface area contributed by atoms with Gasteiger partial charge in [0.15, 0.2) is 0 Å². The lowest BCUT2D eigenvalue weighted by atomic mass is 9.99. The van der Waals surface area contributed by atoms with Crippen molar-refractivity contribution in [1.82, 2.24) is 5.32 Å². The van der Waals surface area contributed by atoms with Crippen molar-refractivity contribution in [2.75, 3.05) is 20.2 Å². The highest BCUT2D eigenvalue weighted by atomic mass is 16.5. The Kier molecular flexibility index (Phi) is 6.06. The number of benzene rings is 1. The normalized spacial score (nSPS) is 14.4. The first-order chi connectivity index (χ1) is 8.17. The number of hydrogen-bond donors (Lipinski definition) is 1. The largest absolute Gasteiger partial charge is 0.493 e. The first kappa shape index (κ1) is 14.0. The molecule has 0 bridgehead atoms. The summed E-state index contributed by atoms with van der Waals surface area (Å²) in [5.74, 6) is 2.14. The molecule has 2 nitrogen and oxygen atoms in total. The van der Waals surface area contributed by atoms with Crippen LogP contribution in [0.1, 0.15) is 38.7 Å². The molecular formula is C15H25NO. The summed E-state index contributed by atoms with van der Waals surface area (Å²) in [5, 5.41) is 3.16. The highest BCUT2D eigenvalue weighted by Crippen LogP contribution is 2.21. The zero-order valence-electron chi connectivity index (χ0n) is 11.5. The Morgan fingerprint density at radius 2 is 1.82 bits per heavy atom. The van der Waals surface area contributed by atoms with Gasteiger partial charge in [0.25, 0.3) is 0 Å². The number of ether oxygens (including phenoxy) is 1. The van der Waals surface area contributed by atoms with Gasteiger partial charge in [-0.15, -0.1) is 0 Å². The van der Waals surface area contributed by atoms with Gasteiger partial charge in [0.1, 0.15) is 5.75 Å². The minimum atomic E-state index is 0.536. The Balaban J connectivity index is 2.45. The predicted octanol–water partition coefficient (Wildman–Crippen LogP) is 3.43. The average Bonchev–Trinajstić information content (AvgIpc) is 2.36. The molecule has 17 heavy (non-hydrogen) atoms. The number of hydrogen-bond acceptors (Lipinski definition) is 2. The molecule has 0 aliphatic heterocycles. The lowest BCUT2D eigenvalue weighted by Gasteiger charge is -2.14. The van der Waals surface area contributed by atoms with E-state index >= 15 is 0 Å². The summed E-state index contributed by atoms with van der Waals surface area (Å²) in [6, 6.07) is 8.50. The summed E-state index contributed by atoms with van der Waals surface area (Å²) in [7, 11) is 1.97. The van der Waals surface area contributed by atoms with E-state index in [1.807, 2.05) is 7.05 Å². The van der Waals surface area contributed by atoms with E-state index in [0.29, 0.717) is 11.8 Å². The zero-order valence-corrected chi connectivity index (χ0v) is 11.5. The first-order valence-corrected chi connectivity index (χ1v) is 6.54. The van der Waals surface area contributed by atoms with Gasteiger partial charge >= 0.3 is 0 Å². The van der Waals surface area contributed by atoms with Crippen LogP contribution >= 0.6 is 0 Å². The van der Waals surface area contributed by atoms with Gasteiger partial charge in [-0.25, -0.2) is 0 Å². The van der Waals surface area contributed by atoms with Crippen LogP contribution in [0.25, 0.3) is 0 Å². The van der Waals surface area contributed by atoms with Gasteiger partial charge in [-0.3, -0.25) is 0 Å². The highest BCUT2D eigenvalue weighted by Gasteiger charge is 2.04. The van der Waals surface area contributed by atoms with Crippen molar-refractivity contribution in [3.8, 4) is 5.75 Å². The van der Waals surface area contributed by atoms with E-state index in [1.54, 1.807) is 0 Å². The molecular weight excluding hydrogens is 210 g/mol. The maximum Gasteiger partial charge on any atom is 0.119 e. The van der Waals surface area contributed by atoms with Gasteiger partial charge in [-0.1, -0.05) is 32.9 Å². The van der Waals surface area contributed by atoms with Crippen molar-refractivity contribution >= 4 is 0 Å². The van der Waals surface area contributed by atoms with Crippen LogP contribution in [0.3, 0.4) is 0 Å². The molecule has 0 aromatic heterocycles. The van der Waals surface area contributed by atoms with Gasteiger partial charge in [0.2, 0.25) is 0 Å². The van der Waals surface area contributed by atoms with E-state index in [1.165, 1.54) is 12.0 Å². The molecule has 0 saturated carbocycles. The lowest BCUT2D eigenvalue weighted by Crippen LogP contribution is -2.21. The van der Waals surface area contributed by atoms with Crippen LogP contribution < -0.4 is 10.1 Å². The first-order valence-electron chi connectivity index (χ1n) is 6.54. The van der Waals surface area contributed by atoms with E-state index in [4.69, 9.17) is 4.74 Å². The second kappa shape index (κ2) is 7.33. The Hall–Kier alpha value is -1.02. The minimum Gasteiger partial charge on any atom is -0.493 e. The molecule has 0 radical (unpaired) electrons. The van der Waals surface area contributed by atoms with Crippen molar-refractivity contribution in [2.45, 2.75) is 33.1 Å². The smallest absolute Gasteiger partial charge is 0.119 e. The molecule has 0 spiro atoms. The van der Waals surface area contributed by atoms with Crippen molar-refractivity contribution in [3.05, 3.63) is 29.8 Å². The van der Waals surface area contributed by atoms with Gasteiger partial charge in [0.05, 0.1) is 6.61 Å². The molecule has 0 fully saturated rings. The SMILES string of the molecule is CCC(C)c1ccc(OCC(C)CNC)cc1. The Morgan fingerprint density at radius 1 is 1.18 bits per heavy atom. The maximum atomic E-state index is 5.75. The van der Waals surface area contributed by atoms with Gasteiger partial charge in [-0.05, 0) is 37.1 Å². The monoisotopic (exact) mass is 235 g/mol. The summed E-state index contributed by atoms with van der Waals surface area (Å²) >= 11 is 0. The standard InChI is InChI=1S/C15H25NO/c1-5-13(3)14-6-8-15(9-7-14)17-11-12(2)10-16-4/h6-9,12-13,16H,5,10-11H2,1-4H3. The molecule has 2 heteroatoms. The predicted molar refractivity (Wildman–Crippen MR) is 73.7 cm³/mol. The molecule has 2 unspecified atom stereocenters. The fourth-order valence-electron chi connectivity index (χ4n) is 1.77. The van der Waals surface area contributed by atoms with Crippen LogP contribution in [0.5, 0.6) is 5.75 Å². The van der Waals surface area contributed by atoms with E-state index in [9.17, 15) is 0 Å². The number of nitrogens with one attached hydrogen (secondary N) is 1. The van der Waals surface area contributed by atoms with E-state index < -0.39 is 0 Å². The number of rotatable bonds is 7. The molecule has 0 heterocycles. The van der Waals surface area contributed by atoms with E-state index in [2.05, 4.69) is 50.4 Å². The zero-order chi connectivity index (χ0) is 12.7. The molecule has 0 aliphatic carbocycles. The quantitative estimate of drug-likeness (QED) is 0.781. The van der Waals surface area contributed by atoms with Crippen LogP contribution in [0.2, 0.25) is 0 Å². The van der Waals surface area contributed by atoms with Gasteiger partial charge in [0, 0.05) is 12.5 Å². The summed E-state index contributed by atoms with van der Waals surface area (Å²) < 4.78 is 5.75. The minimum absolute atomic E-state index is 0.536. The van der Waals surface area contributed by atoms with Crippen LogP contribution in [0, 0.1) is 5.92 Å². The highest BCUT2D eigenvalue weighted by molar-refractivity contribution is 5.29. The summed E-state index contributed by atoms with van der Waals surface area (Å²) in [6.07, 6.45) is 1.18. The molecule has 1 N–H and O–H groups in total. The topological polar surface area (TPSA) is 21.3 Å². The Morgan fingerprint density at radius 3 is 2.35 bits per heavy atom. The van der Waals surface area contributed by atoms with E-state index in [0.717, 1.165) is 18.9 Å². The second-order valence-corrected chi connectivity index (χ2v) is 4.85. The Labute approximate surface area is 105 Å². The second-order valence-electron chi connectivity index (χ2n) is 4.85. The van der Waals surface area contributed by atoms with Crippen molar-refractivity contribution in [1.29, 1.82) is 0 Å². The molecule has 1 aromatic rings. The van der Waals surface area contributed by atoms with Crippen molar-refractivity contribution < 1.29 is 4.74 Å². The van der Waals surface area contributed by atoms with Gasteiger partial charge < -0.3 is 10.1 Å². The van der Waals surface area contributed by atoms with Crippen LogP contribution in [-0.4, -0.2) is 20.2 Å². The molecule has 0 amide bonds. The van der Waals surface area contributed by atoms with Crippen molar-refractivity contribution in [3.63, 3.8) is 0 Å². The fraction of sp³-hybridized carbons (Fsp3) is 0.600. The lowest BCUT2D eigenvalue weighted by molar-refractivity contribution is 0.258. The van der Waals surface area contributed by atoms with Crippen LogP contribution in [0.4, 0.5) is 0 Å². The Bertz CT molecular complexity index is 307. The molecule has 0 aliphatic rings. The summed E-state index contributed by atoms with van der Waals surface area (Å²) in [6.45, 7) is 8.41. The summed E-state index contributed by atoms with van der Waals surface area (Å²) in [5.41, 5.74) is 1.39. The fourth-order valence-corrected chi connectivity index (χ4v) is 1.77. The average molecular weight is 235 g/mol. The van der Waals surface area contributed by atoms with Crippen LogP contribution in [-0.2, 0) is 0 Å². The maximum absolute atomic E-state index is 5.75. The third-order valence-corrected chi connectivity index (χ3v) is 3.15. The molecule has 2 atom stereocenters. The summed E-state index contributed by atoms with van der Waals surface area (Å²) in [4.78, 5) is 0. The van der Waals surface area contributed by atoms with Gasteiger partial charge in [-0.2, -0.15) is 0 Å². The molecule has 96 valence electrons. The van der Waals surface area contributed by atoms with E-state index in [-0.39, 0.29) is 0 Å². The molecule has 1 aromatic carbocycles. The van der Waals surface area contributed by atoms with Crippen LogP contribution in [0.15, 0.2) is 24.3 Å². The third kappa shape index (κ3) is 4.78. The molecule has 0 saturated heterocycles. The molecule has 1 rings (SSSR count).